The van der Waals surface area contributed by atoms with Crippen molar-refractivity contribution < 1.29 is 9.50 Å². The summed E-state index contributed by atoms with van der Waals surface area (Å²) in [6.45, 7) is 4.15. The maximum absolute atomic E-state index is 12.9. The van der Waals surface area contributed by atoms with Crippen LogP contribution in [0.4, 0.5) is 4.39 Å². The quantitative estimate of drug-likeness (QED) is 0.885. The summed E-state index contributed by atoms with van der Waals surface area (Å²) in [6.07, 6.45) is 2.93. The third-order valence-electron chi connectivity index (χ3n) is 2.77. The first-order chi connectivity index (χ1) is 8.06. The highest BCUT2D eigenvalue weighted by atomic mass is 19.1. The molecule has 1 atom stereocenters. The second kappa shape index (κ2) is 4.67. The Morgan fingerprint density at radius 3 is 2.82 bits per heavy atom. The second-order valence-electron chi connectivity index (χ2n) is 4.22. The van der Waals surface area contributed by atoms with E-state index >= 15 is 0 Å². The Bertz CT molecular complexity index is 520. The molecule has 0 bridgehead atoms. The Morgan fingerprint density at radius 1 is 1.47 bits per heavy atom. The molecule has 0 radical (unpaired) electrons. The first-order valence-electron chi connectivity index (χ1n) is 5.51. The fourth-order valence-electron chi connectivity index (χ4n) is 1.69. The molecule has 3 nitrogen and oxygen atoms in total. The van der Waals surface area contributed by atoms with Gasteiger partial charge in [0.25, 0.3) is 0 Å². The van der Waals surface area contributed by atoms with E-state index in [4.69, 9.17) is 0 Å². The Labute approximate surface area is 99.5 Å². The number of aliphatic hydroxyl groups excluding tert-OH is 1. The first-order valence-corrected chi connectivity index (χ1v) is 5.51. The molecule has 1 aromatic heterocycles. The molecule has 0 saturated carbocycles. The minimum absolute atomic E-state index is 0.226. The van der Waals surface area contributed by atoms with E-state index in [1.807, 2.05) is 6.92 Å². The fraction of sp³-hybridized carbons (Fsp3) is 0.308. The van der Waals surface area contributed by atoms with Crippen LogP contribution < -0.4 is 0 Å². The summed E-state index contributed by atoms with van der Waals surface area (Å²) in [5.74, 6) is -0.226. The van der Waals surface area contributed by atoms with Gasteiger partial charge in [-0.15, -0.1) is 0 Å². The van der Waals surface area contributed by atoms with Crippen LogP contribution in [-0.2, 0) is 6.54 Å². The number of benzene rings is 1. The van der Waals surface area contributed by atoms with Gasteiger partial charge < -0.3 is 5.11 Å². The van der Waals surface area contributed by atoms with Crippen molar-refractivity contribution in [2.24, 2.45) is 0 Å². The Hall–Kier alpha value is -1.68. The molecule has 2 rings (SSSR count). The number of hydrogen-bond donors (Lipinski definition) is 1. The average molecular weight is 234 g/mol. The predicted octanol–water partition coefficient (Wildman–Crippen LogP) is 2.43. The van der Waals surface area contributed by atoms with Gasteiger partial charge in [0, 0.05) is 11.8 Å². The number of nitrogens with zero attached hydrogens (tertiary/aromatic N) is 2. The lowest BCUT2D eigenvalue weighted by atomic mass is 10.1. The smallest absolute Gasteiger partial charge is 0.123 e. The maximum atomic E-state index is 12.9. The average Bonchev–Trinajstić information content (AvgIpc) is 2.71. The zero-order valence-corrected chi connectivity index (χ0v) is 9.89. The lowest BCUT2D eigenvalue weighted by Gasteiger charge is -2.06. The van der Waals surface area contributed by atoms with E-state index in [1.165, 1.54) is 12.1 Å². The van der Waals surface area contributed by atoms with Crippen LogP contribution >= 0.6 is 0 Å². The maximum Gasteiger partial charge on any atom is 0.123 e. The van der Waals surface area contributed by atoms with Crippen LogP contribution in [0.2, 0.25) is 0 Å². The molecular weight excluding hydrogens is 219 g/mol. The molecule has 0 spiro atoms. The zero-order valence-electron chi connectivity index (χ0n) is 9.89. The molecular formula is C13H15FN2O. The molecule has 0 aliphatic rings. The van der Waals surface area contributed by atoms with Gasteiger partial charge in [0.15, 0.2) is 0 Å². The van der Waals surface area contributed by atoms with Gasteiger partial charge >= 0.3 is 0 Å². The molecule has 2 aromatic rings. The van der Waals surface area contributed by atoms with Gasteiger partial charge in [-0.1, -0.05) is 6.07 Å². The summed E-state index contributed by atoms with van der Waals surface area (Å²) in [5, 5.41) is 13.6. The second-order valence-corrected chi connectivity index (χ2v) is 4.22. The highest BCUT2D eigenvalue weighted by Crippen LogP contribution is 2.14. The van der Waals surface area contributed by atoms with E-state index < -0.39 is 6.10 Å². The SMILES string of the molecule is Cc1cc(F)ccc1Cn1cc(C(C)O)cn1. The first kappa shape index (κ1) is 11.8. The molecule has 17 heavy (non-hydrogen) atoms. The number of rotatable bonds is 3. The molecule has 0 amide bonds. The molecule has 0 fully saturated rings. The minimum atomic E-state index is -0.516. The van der Waals surface area contributed by atoms with Crippen molar-refractivity contribution in [3.05, 3.63) is 53.1 Å². The summed E-state index contributed by atoms with van der Waals surface area (Å²) in [7, 11) is 0. The lowest BCUT2D eigenvalue weighted by Crippen LogP contribution is -2.02. The third kappa shape index (κ3) is 2.71. The molecule has 1 heterocycles. The Kier molecular flexibility index (Phi) is 3.24. The van der Waals surface area contributed by atoms with Crippen LogP contribution in [0.1, 0.15) is 29.7 Å². The molecule has 1 N–H and O–H groups in total. The Morgan fingerprint density at radius 2 is 2.24 bits per heavy atom. The van der Waals surface area contributed by atoms with Crippen LogP contribution in [0.15, 0.2) is 30.6 Å². The van der Waals surface area contributed by atoms with Crippen LogP contribution in [0.5, 0.6) is 0 Å². The van der Waals surface area contributed by atoms with Gasteiger partial charge in [-0.2, -0.15) is 5.10 Å². The summed E-state index contributed by atoms with van der Waals surface area (Å²) >= 11 is 0. The number of aromatic nitrogens is 2. The summed E-state index contributed by atoms with van der Waals surface area (Å²) in [6, 6.07) is 4.71. The van der Waals surface area contributed by atoms with Crippen molar-refractivity contribution in [2.45, 2.75) is 26.5 Å². The van der Waals surface area contributed by atoms with Gasteiger partial charge in [-0.3, -0.25) is 4.68 Å². The lowest BCUT2D eigenvalue weighted by molar-refractivity contribution is 0.199. The van der Waals surface area contributed by atoms with E-state index in [2.05, 4.69) is 5.10 Å². The summed E-state index contributed by atoms with van der Waals surface area (Å²) in [5.41, 5.74) is 2.70. The van der Waals surface area contributed by atoms with Crippen molar-refractivity contribution >= 4 is 0 Å². The van der Waals surface area contributed by atoms with Crippen molar-refractivity contribution in [1.29, 1.82) is 0 Å². The molecule has 1 unspecified atom stereocenters. The molecule has 90 valence electrons. The summed E-state index contributed by atoms with van der Waals surface area (Å²) < 4.78 is 14.7. The Balaban J connectivity index is 2.19. The van der Waals surface area contributed by atoms with E-state index in [1.54, 1.807) is 30.1 Å². The number of halogens is 1. The molecule has 0 saturated heterocycles. The van der Waals surface area contributed by atoms with Crippen molar-refractivity contribution in [3.63, 3.8) is 0 Å². The van der Waals surface area contributed by atoms with Gasteiger partial charge in [-0.05, 0) is 37.1 Å². The topological polar surface area (TPSA) is 38.0 Å². The normalized spacial score (nSPS) is 12.7. The molecule has 1 aromatic carbocycles. The van der Waals surface area contributed by atoms with Crippen LogP contribution in [-0.4, -0.2) is 14.9 Å². The van der Waals surface area contributed by atoms with E-state index in [0.29, 0.717) is 6.54 Å². The van der Waals surface area contributed by atoms with Crippen LogP contribution in [0, 0.1) is 12.7 Å². The summed E-state index contributed by atoms with van der Waals surface area (Å²) in [4.78, 5) is 0. The standard InChI is InChI=1S/C13H15FN2O/c1-9-5-13(14)4-3-11(9)7-16-8-12(6-15-16)10(2)17/h3-6,8,10,17H,7H2,1-2H3. The third-order valence-corrected chi connectivity index (χ3v) is 2.77. The molecule has 0 aliphatic carbocycles. The van der Waals surface area contributed by atoms with Gasteiger partial charge in [0.2, 0.25) is 0 Å². The van der Waals surface area contributed by atoms with Gasteiger partial charge in [0.1, 0.15) is 5.82 Å². The van der Waals surface area contributed by atoms with Crippen LogP contribution in [0.3, 0.4) is 0 Å². The van der Waals surface area contributed by atoms with Crippen molar-refractivity contribution in [3.8, 4) is 0 Å². The highest BCUT2D eigenvalue weighted by Gasteiger charge is 2.06. The highest BCUT2D eigenvalue weighted by molar-refractivity contribution is 5.26. The fourth-order valence-corrected chi connectivity index (χ4v) is 1.69. The number of hydrogen-bond acceptors (Lipinski definition) is 2. The van der Waals surface area contributed by atoms with E-state index in [0.717, 1.165) is 16.7 Å². The van der Waals surface area contributed by atoms with Gasteiger partial charge in [-0.25, -0.2) is 4.39 Å². The molecule has 0 aliphatic heterocycles. The van der Waals surface area contributed by atoms with E-state index in [9.17, 15) is 9.50 Å². The zero-order chi connectivity index (χ0) is 12.4. The largest absolute Gasteiger partial charge is 0.389 e. The number of aliphatic hydroxyl groups is 1. The molecule has 4 heteroatoms. The predicted molar refractivity (Wildman–Crippen MR) is 63.1 cm³/mol. The van der Waals surface area contributed by atoms with E-state index in [-0.39, 0.29) is 5.82 Å². The number of aryl methyl sites for hydroxylation is 1. The van der Waals surface area contributed by atoms with Crippen molar-refractivity contribution in [1.82, 2.24) is 9.78 Å². The van der Waals surface area contributed by atoms with Crippen molar-refractivity contribution in [2.75, 3.05) is 0 Å². The van der Waals surface area contributed by atoms with Gasteiger partial charge in [0.05, 0.1) is 18.8 Å². The van der Waals surface area contributed by atoms with Crippen LogP contribution in [0.25, 0.3) is 0 Å². The minimum Gasteiger partial charge on any atom is -0.389 e. The monoisotopic (exact) mass is 234 g/mol.